The standard InChI is InChI=1S/C8H16.3C8H10.C7H14.C6H12.CH4/c1-7-5-4-6-8(7,2)3;1-7-3-5-8(2)6-4-7;1-7-4-3-5-8(2)6-7;1-7-5-3-4-6-8(7)2;1-6-4-7(2,3)5-6;1-5-4-6(5,2)3;/h7H,4-6H2,1-3H3;3*3-6H,1-2H3;6H,4-5H2,1-3H3;5H,4H2,1-3H3;1H4/t7-;;;;;5-;/m0....1./s1. The van der Waals surface area contributed by atoms with Gasteiger partial charge in [-0.2, -0.15) is 0 Å². The van der Waals surface area contributed by atoms with E-state index in [0.29, 0.717) is 16.2 Å². The molecule has 0 heteroatoms. The summed E-state index contributed by atoms with van der Waals surface area (Å²) in [7, 11) is 0. The molecule has 3 aromatic carbocycles. The molecule has 0 unspecified atom stereocenters. The Morgan fingerprint density at radius 1 is 0.500 bits per heavy atom. The van der Waals surface area contributed by atoms with Crippen LogP contribution in [-0.4, -0.2) is 0 Å². The van der Waals surface area contributed by atoms with E-state index in [4.69, 9.17) is 0 Å². The van der Waals surface area contributed by atoms with Crippen molar-refractivity contribution in [3.8, 4) is 0 Å². The Kier molecular flexibility index (Phi) is 19.1. The first-order chi connectivity index (χ1) is 20.7. The van der Waals surface area contributed by atoms with Crippen LogP contribution in [-0.2, 0) is 0 Å². The highest BCUT2D eigenvalue weighted by molar-refractivity contribution is 5.23. The lowest BCUT2D eigenvalue weighted by Crippen LogP contribution is -2.29. The summed E-state index contributed by atoms with van der Waals surface area (Å²) in [5, 5.41) is 0. The van der Waals surface area contributed by atoms with E-state index in [1.807, 2.05) is 0 Å². The van der Waals surface area contributed by atoms with Gasteiger partial charge in [0.15, 0.2) is 0 Å². The fourth-order valence-electron chi connectivity index (χ4n) is 6.16. The first kappa shape index (κ1) is 43.7. The molecular weight excluding hydrogens is 553 g/mol. The Bertz CT molecular complexity index is 1160. The minimum Gasteiger partial charge on any atom is -0.0776 e. The van der Waals surface area contributed by atoms with E-state index >= 15 is 0 Å². The van der Waals surface area contributed by atoms with E-state index in [1.165, 1.54) is 71.9 Å². The molecule has 0 spiro atoms. The topological polar surface area (TPSA) is 0 Å². The van der Waals surface area contributed by atoms with Gasteiger partial charge in [-0.05, 0) is 112 Å². The third-order valence-electron chi connectivity index (χ3n) is 10.4. The van der Waals surface area contributed by atoms with E-state index in [-0.39, 0.29) is 7.43 Å². The lowest BCUT2D eigenvalue weighted by atomic mass is 9.65. The maximum atomic E-state index is 2.38. The predicted octanol–water partition coefficient (Wildman–Crippen LogP) is 14.9. The molecule has 0 N–H and O–H groups in total. The van der Waals surface area contributed by atoms with Gasteiger partial charge in [0, 0.05) is 0 Å². The van der Waals surface area contributed by atoms with Crippen molar-refractivity contribution in [3.63, 3.8) is 0 Å². The molecule has 0 heterocycles. The minimum atomic E-state index is 0. The molecule has 3 saturated carbocycles. The summed E-state index contributed by atoms with van der Waals surface area (Å²) in [6.07, 6.45) is 8.66. The molecule has 0 nitrogen and oxygen atoms in total. The van der Waals surface area contributed by atoms with Gasteiger partial charge in [-0.25, -0.2) is 0 Å². The molecule has 260 valence electrons. The molecule has 0 saturated heterocycles. The third-order valence-corrected chi connectivity index (χ3v) is 10.4. The highest BCUT2D eigenvalue weighted by atomic mass is 14.5. The van der Waals surface area contributed by atoms with Gasteiger partial charge >= 0.3 is 0 Å². The normalized spacial score (nSPS) is 20.7. The van der Waals surface area contributed by atoms with Crippen molar-refractivity contribution in [3.05, 3.63) is 106 Å². The zero-order chi connectivity index (χ0) is 34.4. The summed E-state index contributed by atoms with van der Waals surface area (Å²) in [5.41, 5.74) is 10.1. The number of rotatable bonds is 0. The maximum absolute atomic E-state index is 2.38. The number of aryl methyl sites for hydroxylation is 6. The van der Waals surface area contributed by atoms with Crippen molar-refractivity contribution >= 4 is 0 Å². The van der Waals surface area contributed by atoms with E-state index in [9.17, 15) is 0 Å². The van der Waals surface area contributed by atoms with Crippen LogP contribution in [0.15, 0.2) is 72.8 Å². The van der Waals surface area contributed by atoms with Gasteiger partial charge in [-0.15, -0.1) is 0 Å². The second-order valence-electron chi connectivity index (χ2n) is 17.0. The van der Waals surface area contributed by atoms with E-state index in [1.54, 1.807) is 0 Å². The summed E-state index contributed by atoms with van der Waals surface area (Å²) < 4.78 is 0. The van der Waals surface area contributed by atoms with Gasteiger partial charge in [-0.1, -0.05) is 178 Å². The molecule has 3 aliphatic rings. The average molecular weight is 629 g/mol. The average Bonchev–Trinajstić information content (AvgIpc) is 3.35. The first-order valence-electron chi connectivity index (χ1n) is 17.8. The molecule has 46 heavy (non-hydrogen) atoms. The van der Waals surface area contributed by atoms with Crippen LogP contribution in [0.4, 0.5) is 0 Å². The van der Waals surface area contributed by atoms with Crippen molar-refractivity contribution in [2.75, 3.05) is 0 Å². The van der Waals surface area contributed by atoms with Crippen LogP contribution >= 0.6 is 0 Å². The van der Waals surface area contributed by atoms with Crippen molar-refractivity contribution in [1.29, 1.82) is 0 Å². The third kappa shape index (κ3) is 18.7. The smallest absolute Gasteiger partial charge is 0.0326 e. The van der Waals surface area contributed by atoms with Crippen molar-refractivity contribution < 1.29 is 0 Å². The van der Waals surface area contributed by atoms with Gasteiger partial charge in [0.05, 0.1) is 0 Å². The van der Waals surface area contributed by atoms with Crippen molar-refractivity contribution in [2.24, 2.45) is 34.0 Å². The van der Waals surface area contributed by atoms with Crippen LogP contribution in [0.3, 0.4) is 0 Å². The van der Waals surface area contributed by atoms with Crippen LogP contribution in [0.2, 0.25) is 0 Å². The highest BCUT2D eigenvalue weighted by Gasteiger charge is 2.41. The van der Waals surface area contributed by atoms with Crippen LogP contribution in [0.5, 0.6) is 0 Å². The zero-order valence-corrected chi connectivity index (χ0v) is 32.4. The Morgan fingerprint density at radius 3 is 1.04 bits per heavy atom. The molecule has 3 aromatic rings. The second kappa shape index (κ2) is 20.1. The minimum absolute atomic E-state index is 0. The quantitative estimate of drug-likeness (QED) is 0.232. The lowest BCUT2D eigenvalue weighted by Gasteiger charge is -2.40. The van der Waals surface area contributed by atoms with Gasteiger partial charge < -0.3 is 0 Å². The Hall–Kier alpha value is -2.34. The Morgan fingerprint density at radius 2 is 0.891 bits per heavy atom. The molecular formula is C46H76. The zero-order valence-electron chi connectivity index (χ0n) is 32.4. The molecule has 0 bridgehead atoms. The maximum Gasteiger partial charge on any atom is -0.0326 e. The Balaban J connectivity index is 0.000000527. The molecule has 3 aliphatic carbocycles. The van der Waals surface area contributed by atoms with Gasteiger partial charge in [0.2, 0.25) is 0 Å². The van der Waals surface area contributed by atoms with Crippen LogP contribution in [0.25, 0.3) is 0 Å². The van der Waals surface area contributed by atoms with Gasteiger partial charge in [-0.3, -0.25) is 0 Å². The first-order valence-corrected chi connectivity index (χ1v) is 17.8. The van der Waals surface area contributed by atoms with Crippen LogP contribution in [0.1, 0.15) is 142 Å². The fraction of sp³-hybridized carbons (Fsp3) is 0.609. The van der Waals surface area contributed by atoms with E-state index in [0.717, 1.165) is 17.8 Å². The summed E-state index contributed by atoms with van der Waals surface area (Å²) in [6, 6.07) is 25.3. The lowest BCUT2D eigenvalue weighted by molar-refractivity contribution is 0.111. The summed E-state index contributed by atoms with van der Waals surface area (Å²) in [4.78, 5) is 0. The number of benzene rings is 3. The number of hydrogen-bond acceptors (Lipinski definition) is 0. The van der Waals surface area contributed by atoms with Crippen molar-refractivity contribution in [1.82, 2.24) is 0 Å². The SMILES string of the molecule is C.CC1CC(C)(C)C1.C[C@@H]1CC1(C)C.C[C@H]1CCCC1(C)C.Cc1ccc(C)cc1.Cc1cccc(C)c1.Cc1ccccc1C. The van der Waals surface area contributed by atoms with Crippen LogP contribution < -0.4 is 0 Å². The van der Waals surface area contributed by atoms with Crippen LogP contribution in [0, 0.1) is 75.5 Å². The predicted molar refractivity (Wildman–Crippen MR) is 211 cm³/mol. The number of hydrogen-bond donors (Lipinski definition) is 0. The molecule has 0 amide bonds. The second-order valence-corrected chi connectivity index (χ2v) is 17.0. The molecule has 0 aliphatic heterocycles. The molecule has 3 fully saturated rings. The van der Waals surface area contributed by atoms with Gasteiger partial charge in [0.25, 0.3) is 0 Å². The van der Waals surface area contributed by atoms with Gasteiger partial charge in [0.1, 0.15) is 0 Å². The molecule has 2 atom stereocenters. The van der Waals surface area contributed by atoms with E-state index < -0.39 is 0 Å². The molecule has 6 rings (SSSR count). The van der Waals surface area contributed by atoms with E-state index in [2.05, 4.69) is 177 Å². The highest BCUT2D eigenvalue weighted by Crippen LogP contribution is 2.50. The fourth-order valence-corrected chi connectivity index (χ4v) is 6.16. The largest absolute Gasteiger partial charge is 0.0776 e. The monoisotopic (exact) mass is 629 g/mol. The Labute approximate surface area is 289 Å². The van der Waals surface area contributed by atoms with Crippen molar-refractivity contribution in [2.45, 2.75) is 150 Å². The molecule has 0 radical (unpaired) electrons. The molecule has 0 aromatic heterocycles. The summed E-state index contributed by atoms with van der Waals surface area (Å²) in [6.45, 7) is 33.7. The summed E-state index contributed by atoms with van der Waals surface area (Å²) in [5.74, 6) is 2.97. The summed E-state index contributed by atoms with van der Waals surface area (Å²) >= 11 is 0.